The van der Waals surface area contributed by atoms with Crippen molar-refractivity contribution in [1.29, 1.82) is 0 Å². The van der Waals surface area contributed by atoms with Crippen LogP contribution in [-0.2, 0) is 0 Å². The second kappa shape index (κ2) is 6.21. The van der Waals surface area contributed by atoms with E-state index in [2.05, 4.69) is 15.5 Å². The van der Waals surface area contributed by atoms with Gasteiger partial charge in [-0.15, -0.1) is 10.2 Å². The predicted octanol–water partition coefficient (Wildman–Crippen LogP) is 4.25. The molecule has 7 heteroatoms. The molecule has 0 aliphatic rings. The minimum Gasteiger partial charge on any atom is -0.296 e. The van der Waals surface area contributed by atoms with Crippen molar-refractivity contribution in [3.63, 3.8) is 0 Å². The molecule has 4 nitrogen and oxygen atoms in total. The fourth-order valence-electron chi connectivity index (χ4n) is 1.75. The van der Waals surface area contributed by atoms with E-state index in [0.29, 0.717) is 20.7 Å². The molecule has 1 N–H and O–H groups in total. The largest absolute Gasteiger partial charge is 0.296 e. The summed E-state index contributed by atoms with van der Waals surface area (Å²) in [7, 11) is 0. The van der Waals surface area contributed by atoms with Gasteiger partial charge in [-0.05, 0) is 48.5 Å². The molecule has 1 amide bonds. The van der Waals surface area contributed by atoms with Gasteiger partial charge in [-0.3, -0.25) is 10.1 Å². The van der Waals surface area contributed by atoms with E-state index < -0.39 is 0 Å². The summed E-state index contributed by atoms with van der Waals surface area (Å²) in [6.07, 6.45) is 0. The Hall–Kier alpha value is -2.31. The second-order valence-electron chi connectivity index (χ2n) is 4.38. The first-order valence-electron chi connectivity index (χ1n) is 6.28. The van der Waals surface area contributed by atoms with Crippen LogP contribution in [0.5, 0.6) is 0 Å². The lowest BCUT2D eigenvalue weighted by Gasteiger charge is -2.00. The van der Waals surface area contributed by atoms with E-state index in [4.69, 9.17) is 11.6 Å². The smallest absolute Gasteiger partial charge is 0.257 e. The quantitative estimate of drug-likeness (QED) is 0.779. The average Bonchev–Trinajstić information content (AvgIpc) is 2.97. The molecule has 0 saturated carbocycles. The number of halogens is 2. The van der Waals surface area contributed by atoms with Crippen molar-refractivity contribution >= 4 is 34.0 Å². The van der Waals surface area contributed by atoms with Crippen molar-refractivity contribution in [1.82, 2.24) is 10.2 Å². The first kappa shape index (κ1) is 14.6. The first-order chi connectivity index (χ1) is 10.6. The van der Waals surface area contributed by atoms with Crippen LogP contribution in [0.25, 0.3) is 10.6 Å². The van der Waals surface area contributed by atoms with Crippen LogP contribution in [0.4, 0.5) is 9.52 Å². The number of hydrogen-bond donors (Lipinski definition) is 1. The zero-order valence-electron chi connectivity index (χ0n) is 11.1. The fraction of sp³-hybridized carbons (Fsp3) is 0. The van der Waals surface area contributed by atoms with Crippen LogP contribution in [0.3, 0.4) is 0 Å². The highest BCUT2D eigenvalue weighted by atomic mass is 35.5. The molecule has 0 radical (unpaired) electrons. The van der Waals surface area contributed by atoms with E-state index >= 15 is 0 Å². The van der Waals surface area contributed by atoms with Gasteiger partial charge in [-0.2, -0.15) is 0 Å². The van der Waals surface area contributed by atoms with Crippen molar-refractivity contribution in [2.24, 2.45) is 0 Å². The van der Waals surface area contributed by atoms with Gasteiger partial charge in [0, 0.05) is 16.1 Å². The predicted molar refractivity (Wildman–Crippen MR) is 84.7 cm³/mol. The van der Waals surface area contributed by atoms with Crippen LogP contribution in [0, 0.1) is 5.82 Å². The Morgan fingerprint density at radius 2 is 1.73 bits per heavy atom. The third-order valence-corrected chi connectivity index (χ3v) is 3.98. The molecule has 0 unspecified atom stereocenters. The van der Waals surface area contributed by atoms with Crippen LogP contribution in [0.2, 0.25) is 5.02 Å². The van der Waals surface area contributed by atoms with Crippen LogP contribution in [0.1, 0.15) is 10.4 Å². The molecule has 0 aliphatic heterocycles. The Kier molecular flexibility index (Phi) is 4.13. The van der Waals surface area contributed by atoms with Crippen LogP contribution < -0.4 is 5.32 Å². The molecule has 0 spiro atoms. The molecule has 0 atom stereocenters. The number of nitrogens with zero attached hydrogens (tertiary/aromatic N) is 2. The van der Waals surface area contributed by atoms with Crippen molar-refractivity contribution in [2.75, 3.05) is 5.32 Å². The highest BCUT2D eigenvalue weighted by molar-refractivity contribution is 7.18. The van der Waals surface area contributed by atoms with Crippen LogP contribution in [0.15, 0.2) is 48.5 Å². The molecule has 0 bridgehead atoms. The Balaban J connectivity index is 1.75. The van der Waals surface area contributed by atoms with E-state index in [-0.39, 0.29) is 11.7 Å². The Bertz CT molecular complexity index is 802. The lowest BCUT2D eigenvalue weighted by molar-refractivity contribution is 0.102. The van der Waals surface area contributed by atoms with Crippen molar-refractivity contribution in [3.8, 4) is 10.6 Å². The van der Waals surface area contributed by atoms with Gasteiger partial charge < -0.3 is 0 Å². The summed E-state index contributed by atoms with van der Waals surface area (Å²) in [5.74, 6) is -0.608. The molecule has 0 aliphatic carbocycles. The lowest BCUT2D eigenvalue weighted by Crippen LogP contribution is -2.11. The van der Waals surface area contributed by atoms with Crippen molar-refractivity contribution in [2.45, 2.75) is 0 Å². The SMILES string of the molecule is O=C(Nc1nnc(-c2ccc(F)cc2)s1)c1ccc(Cl)cc1. The molecule has 3 rings (SSSR count). The van der Waals surface area contributed by atoms with E-state index in [1.807, 2.05) is 0 Å². The van der Waals surface area contributed by atoms with Crippen molar-refractivity contribution < 1.29 is 9.18 Å². The van der Waals surface area contributed by atoms with Gasteiger partial charge in [0.25, 0.3) is 5.91 Å². The number of carbonyl (C=O) groups is 1. The number of carbonyl (C=O) groups excluding carboxylic acids is 1. The Labute approximate surface area is 134 Å². The molecule has 1 heterocycles. The molecule has 3 aromatic rings. The summed E-state index contributed by atoms with van der Waals surface area (Å²) in [6.45, 7) is 0. The van der Waals surface area contributed by atoms with E-state index in [0.717, 1.165) is 5.56 Å². The highest BCUT2D eigenvalue weighted by Crippen LogP contribution is 2.26. The average molecular weight is 334 g/mol. The van der Waals surface area contributed by atoms with Crippen molar-refractivity contribution in [3.05, 3.63) is 64.9 Å². The van der Waals surface area contributed by atoms with Gasteiger partial charge in [0.2, 0.25) is 5.13 Å². The minimum absolute atomic E-state index is 0.293. The van der Waals surface area contributed by atoms with Gasteiger partial charge in [-0.1, -0.05) is 22.9 Å². The van der Waals surface area contributed by atoms with E-state index in [9.17, 15) is 9.18 Å². The normalized spacial score (nSPS) is 10.5. The standard InChI is InChI=1S/C15H9ClFN3OS/c16-11-5-1-9(2-6-11)13(21)18-15-20-19-14(22-15)10-3-7-12(17)8-4-10/h1-8H,(H,18,20,21). The summed E-state index contributed by atoms with van der Waals surface area (Å²) >= 11 is 7.00. The van der Waals surface area contributed by atoms with Gasteiger partial charge in [0.05, 0.1) is 0 Å². The van der Waals surface area contributed by atoms with Crippen LogP contribution >= 0.6 is 22.9 Å². The molecule has 0 saturated heterocycles. The third kappa shape index (κ3) is 3.29. The number of anilines is 1. The summed E-state index contributed by atoms with van der Waals surface area (Å²) in [5.41, 5.74) is 1.22. The zero-order chi connectivity index (χ0) is 15.5. The summed E-state index contributed by atoms with van der Waals surface area (Å²) < 4.78 is 12.9. The maximum atomic E-state index is 12.9. The Morgan fingerprint density at radius 3 is 2.41 bits per heavy atom. The monoisotopic (exact) mass is 333 g/mol. The number of benzene rings is 2. The van der Waals surface area contributed by atoms with E-state index in [1.165, 1.54) is 23.5 Å². The molecule has 22 heavy (non-hydrogen) atoms. The molecule has 2 aromatic carbocycles. The topological polar surface area (TPSA) is 54.9 Å². The first-order valence-corrected chi connectivity index (χ1v) is 7.47. The highest BCUT2D eigenvalue weighted by Gasteiger charge is 2.11. The summed E-state index contributed by atoms with van der Waals surface area (Å²) in [4.78, 5) is 12.1. The molecule has 110 valence electrons. The van der Waals surface area contributed by atoms with E-state index in [1.54, 1.807) is 36.4 Å². The molecular formula is C15H9ClFN3OS. The minimum atomic E-state index is -0.315. The fourth-order valence-corrected chi connectivity index (χ4v) is 2.62. The van der Waals surface area contributed by atoms with Gasteiger partial charge in [0.1, 0.15) is 10.8 Å². The number of amides is 1. The number of rotatable bonds is 3. The van der Waals surface area contributed by atoms with Gasteiger partial charge in [-0.25, -0.2) is 4.39 Å². The Morgan fingerprint density at radius 1 is 1.05 bits per heavy atom. The maximum Gasteiger partial charge on any atom is 0.257 e. The molecule has 1 aromatic heterocycles. The number of nitrogens with one attached hydrogen (secondary N) is 1. The maximum absolute atomic E-state index is 12.9. The molecular weight excluding hydrogens is 325 g/mol. The van der Waals surface area contributed by atoms with Crippen LogP contribution in [-0.4, -0.2) is 16.1 Å². The zero-order valence-corrected chi connectivity index (χ0v) is 12.7. The van der Waals surface area contributed by atoms with Gasteiger partial charge in [0.15, 0.2) is 0 Å². The molecule has 0 fully saturated rings. The third-order valence-electron chi connectivity index (χ3n) is 2.84. The van der Waals surface area contributed by atoms with Gasteiger partial charge >= 0.3 is 0 Å². The summed E-state index contributed by atoms with van der Waals surface area (Å²) in [6, 6.07) is 12.5. The summed E-state index contributed by atoms with van der Waals surface area (Å²) in [5, 5.41) is 12.1. The number of aromatic nitrogens is 2. The lowest BCUT2D eigenvalue weighted by atomic mass is 10.2. The number of hydrogen-bond acceptors (Lipinski definition) is 4. The second-order valence-corrected chi connectivity index (χ2v) is 5.79.